The van der Waals surface area contributed by atoms with E-state index in [1.165, 1.54) is 7.11 Å². The first-order valence-electron chi connectivity index (χ1n) is 12.8. The van der Waals surface area contributed by atoms with Crippen molar-refractivity contribution in [3.63, 3.8) is 0 Å². The third-order valence-corrected chi connectivity index (χ3v) is 6.55. The first-order valence-corrected chi connectivity index (χ1v) is 12.8. The average Bonchev–Trinajstić information content (AvgIpc) is 3.06. The number of urea groups is 1. The van der Waals surface area contributed by atoms with Crippen LogP contribution in [0.2, 0.25) is 0 Å². The van der Waals surface area contributed by atoms with Gasteiger partial charge in [0.05, 0.1) is 13.7 Å². The number of ketones is 1. The van der Waals surface area contributed by atoms with Crippen LogP contribution < -0.4 is 5.32 Å². The van der Waals surface area contributed by atoms with Crippen molar-refractivity contribution in [1.29, 1.82) is 0 Å². The topological polar surface area (TPSA) is 80.6 Å². The molecule has 1 N–H and O–H groups in total. The Morgan fingerprint density at radius 1 is 1.00 bits per heavy atom. The van der Waals surface area contributed by atoms with Crippen molar-refractivity contribution in [3.05, 3.63) is 51.8 Å². The number of amides is 2. The zero-order valence-corrected chi connectivity index (χ0v) is 23.6. The van der Waals surface area contributed by atoms with Crippen LogP contribution >= 0.6 is 0 Å². The van der Waals surface area contributed by atoms with Gasteiger partial charge in [-0.25, -0.2) is 9.59 Å². The Morgan fingerprint density at radius 3 is 2.00 bits per heavy atom. The summed E-state index contributed by atoms with van der Waals surface area (Å²) in [6, 6.07) is 5.81. The maximum Gasteiger partial charge on any atom is 0.354 e. The molecule has 7 nitrogen and oxygen atoms in total. The number of hydrogen-bond acceptors (Lipinski definition) is 4. The van der Waals surface area contributed by atoms with Crippen LogP contribution in [0.1, 0.15) is 104 Å². The van der Waals surface area contributed by atoms with Crippen LogP contribution in [0.25, 0.3) is 0 Å². The number of benzene rings is 1. The third kappa shape index (κ3) is 6.18. The molecule has 0 aliphatic heterocycles. The summed E-state index contributed by atoms with van der Waals surface area (Å²) >= 11 is 0. The van der Waals surface area contributed by atoms with E-state index in [-0.39, 0.29) is 36.1 Å². The van der Waals surface area contributed by atoms with E-state index >= 15 is 0 Å². The third-order valence-electron chi connectivity index (χ3n) is 6.55. The minimum absolute atomic E-state index is 0.0824. The fraction of sp³-hybridized carbons (Fsp3) is 0.552. The van der Waals surface area contributed by atoms with E-state index in [1.54, 1.807) is 16.4 Å². The molecular formula is C29H43N3O4. The average molecular weight is 498 g/mol. The second-order valence-corrected chi connectivity index (χ2v) is 10.4. The number of rotatable bonds is 10. The lowest BCUT2D eigenvalue weighted by molar-refractivity contribution is 0.0587. The van der Waals surface area contributed by atoms with Gasteiger partial charge < -0.3 is 19.5 Å². The summed E-state index contributed by atoms with van der Waals surface area (Å²) in [5.41, 5.74) is 5.11. The van der Waals surface area contributed by atoms with Crippen LogP contribution in [0.4, 0.5) is 10.5 Å². The minimum atomic E-state index is -0.472. The number of para-hydroxylation sites is 1. The van der Waals surface area contributed by atoms with Crippen molar-refractivity contribution in [1.82, 2.24) is 9.47 Å². The van der Waals surface area contributed by atoms with Gasteiger partial charge in [-0.1, -0.05) is 59.7 Å². The summed E-state index contributed by atoms with van der Waals surface area (Å²) in [5.74, 6) is -0.0363. The smallest absolute Gasteiger partial charge is 0.354 e. The van der Waals surface area contributed by atoms with E-state index in [1.807, 2.05) is 45.9 Å². The molecule has 0 saturated carbocycles. The molecule has 198 valence electrons. The summed E-state index contributed by atoms with van der Waals surface area (Å²) in [4.78, 5) is 41.2. The van der Waals surface area contributed by atoms with Crippen LogP contribution in [-0.2, 0) is 11.3 Å². The van der Waals surface area contributed by atoms with E-state index in [4.69, 9.17) is 4.74 Å². The Kier molecular flexibility index (Phi) is 9.91. The first kappa shape index (κ1) is 29.1. The Labute approximate surface area is 216 Å². The van der Waals surface area contributed by atoms with Crippen molar-refractivity contribution in [2.45, 2.75) is 80.7 Å². The number of nitrogens with zero attached hydrogens (tertiary/aromatic N) is 2. The molecule has 0 atom stereocenters. The molecule has 0 aliphatic rings. The normalized spacial score (nSPS) is 11.4. The van der Waals surface area contributed by atoms with Gasteiger partial charge in [-0.3, -0.25) is 4.79 Å². The molecule has 1 aromatic heterocycles. The van der Waals surface area contributed by atoms with E-state index in [0.717, 1.165) is 16.8 Å². The molecule has 1 aromatic carbocycles. The van der Waals surface area contributed by atoms with Gasteiger partial charge in [0.1, 0.15) is 5.69 Å². The highest BCUT2D eigenvalue weighted by molar-refractivity contribution is 6.05. The maximum atomic E-state index is 13.6. The maximum absolute atomic E-state index is 13.6. The number of carbonyl (C=O) groups is 3. The van der Waals surface area contributed by atoms with Crippen molar-refractivity contribution < 1.29 is 19.1 Å². The molecule has 0 saturated heterocycles. The van der Waals surface area contributed by atoms with Gasteiger partial charge in [-0.05, 0) is 55.2 Å². The summed E-state index contributed by atoms with van der Waals surface area (Å²) in [5, 5.41) is 3.14. The Bertz CT molecular complexity index is 1090. The number of Topliss-reactive ketones (excluding diaryl/α,β-unsaturated/α-hetero) is 1. The fourth-order valence-electron chi connectivity index (χ4n) is 4.85. The zero-order valence-electron chi connectivity index (χ0n) is 23.6. The van der Waals surface area contributed by atoms with E-state index < -0.39 is 5.97 Å². The monoisotopic (exact) mass is 497 g/mol. The number of esters is 1. The Balaban J connectivity index is 2.46. The molecule has 0 aliphatic carbocycles. The molecule has 0 spiro atoms. The number of carbonyl (C=O) groups excluding carboxylic acids is 3. The number of hydrogen-bond donors (Lipinski definition) is 1. The van der Waals surface area contributed by atoms with Gasteiger partial charge in [-0.15, -0.1) is 0 Å². The number of nitrogens with one attached hydrogen (secondary N) is 1. The van der Waals surface area contributed by atoms with Crippen LogP contribution in [-0.4, -0.2) is 47.4 Å². The highest BCUT2D eigenvalue weighted by Crippen LogP contribution is 2.33. The summed E-state index contributed by atoms with van der Waals surface area (Å²) in [7, 11) is 1.33. The van der Waals surface area contributed by atoms with E-state index in [0.29, 0.717) is 35.6 Å². The molecular weight excluding hydrogens is 454 g/mol. The molecule has 2 amide bonds. The van der Waals surface area contributed by atoms with Gasteiger partial charge in [0.15, 0.2) is 5.78 Å². The number of methoxy groups -OCH3 is 1. The second kappa shape index (κ2) is 12.2. The van der Waals surface area contributed by atoms with Crippen LogP contribution in [0, 0.1) is 19.8 Å². The Morgan fingerprint density at radius 2 is 1.56 bits per heavy atom. The lowest BCUT2D eigenvalue weighted by Crippen LogP contribution is -2.41. The van der Waals surface area contributed by atoms with Gasteiger partial charge in [0.2, 0.25) is 0 Å². The van der Waals surface area contributed by atoms with E-state index in [2.05, 4.69) is 33.0 Å². The van der Waals surface area contributed by atoms with Crippen molar-refractivity contribution in [2.75, 3.05) is 25.5 Å². The molecule has 0 unspecified atom stereocenters. The first-order chi connectivity index (χ1) is 16.8. The van der Waals surface area contributed by atoms with Crippen molar-refractivity contribution >= 4 is 23.5 Å². The summed E-state index contributed by atoms with van der Waals surface area (Å²) < 4.78 is 6.76. The standard InChI is InChI=1S/C29H43N3O4/c1-11-32-21(9)25(20(8)27(32)28(34)36-10)24(33)16-31(15-17(2)3)29(35)30-26-22(18(4)5)13-12-14-23(26)19(6)7/h12-14,17-19H,11,15-16H2,1-10H3,(H,30,35). The molecule has 0 bridgehead atoms. The molecule has 36 heavy (non-hydrogen) atoms. The number of ether oxygens (including phenoxy) is 1. The molecule has 0 fully saturated rings. The number of anilines is 1. The van der Waals surface area contributed by atoms with Crippen LogP contribution in [0.5, 0.6) is 0 Å². The number of aromatic nitrogens is 1. The highest BCUT2D eigenvalue weighted by Gasteiger charge is 2.29. The SMILES string of the molecule is CCn1c(C)c(C(=O)CN(CC(C)C)C(=O)Nc2c(C(C)C)cccc2C(C)C)c(C)c1C(=O)OC. The molecule has 0 radical (unpaired) electrons. The second-order valence-electron chi connectivity index (χ2n) is 10.4. The zero-order chi connectivity index (χ0) is 27.3. The molecule has 2 aromatic rings. The molecule has 1 heterocycles. The lowest BCUT2D eigenvalue weighted by atomic mass is 9.92. The van der Waals surface area contributed by atoms with Crippen molar-refractivity contribution in [3.8, 4) is 0 Å². The summed E-state index contributed by atoms with van der Waals surface area (Å²) in [6.07, 6.45) is 0. The predicted octanol–water partition coefficient (Wildman–Crippen LogP) is 6.53. The minimum Gasteiger partial charge on any atom is -0.464 e. The molecule has 7 heteroatoms. The van der Waals surface area contributed by atoms with Gasteiger partial charge >= 0.3 is 12.0 Å². The van der Waals surface area contributed by atoms with E-state index in [9.17, 15) is 14.4 Å². The predicted molar refractivity (Wildman–Crippen MR) is 145 cm³/mol. The fourth-order valence-corrected chi connectivity index (χ4v) is 4.85. The quantitative estimate of drug-likeness (QED) is 0.299. The Hall–Kier alpha value is -3.09. The lowest BCUT2D eigenvalue weighted by Gasteiger charge is -2.27. The summed E-state index contributed by atoms with van der Waals surface area (Å²) in [6.45, 7) is 18.8. The highest BCUT2D eigenvalue weighted by atomic mass is 16.5. The molecule has 2 rings (SSSR count). The van der Waals surface area contributed by atoms with Crippen LogP contribution in [0.15, 0.2) is 18.2 Å². The van der Waals surface area contributed by atoms with Crippen molar-refractivity contribution in [2.24, 2.45) is 5.92 Å². The van der Waals surface area contributed by atoms with Gasteiger partial charge in [-0.2, -0.15) is 0 Å². The van der Waals surface area contributed by atoms with Gasteiger partial charge in [0.25, 0.3) is 0 Å². The van der Waals surface area contributed by atoms with Crippen LogP contribution in [0.3, 0.4) is 0 Å². The van der Waals surface area contributed by atoms with Gasteiger partial charge in [0, 0.05) is 30.0 Å². The largest absolute Gasteiger partial charge is 0.464 e.